The van der Waals surface area contributed by atoms with Crippen LogP contribution in [0.4, 0.5) is 70.2 Å². The van der Waals surface area contributed by atoms with Crippen molar-refractivity contribution in [2.24, 2.45) is 0 Å². The Bertz CT molecular complexity index is 1910. The first-order chi connectivity index (χ1) is 24.1. The number of phenolic OH excluding ortho intramolecular Hbond substituents is 2. The second kappa shape index (κ2) is 12.4. The van der Waals surface area contributed by atoms with Gasteiger partial charge in [0.1, 0.15) is 17.2 Å². The second-order valence-corrected chi connectivity index (χ2v) is 13.0. The molecule has 4 rings (SSSR count). The SMILES string of the molecule is CC(c1ccc(O)cc1)(c1ccc(O)cc1)c1ccc(OC2(F)C(F)(F)C(F)(OC(F)(F)C(F)(OC(F)(F)C(F)(F)S(=O)(=O)O)C(F)(F)F)C2(F)F)cc1. The van der Waals surface area contributed by atoms with Crippen molar-refractivity contribution in [2.45, 2.75) is 65.4 Å². The summed E-state index contributed by atoms with van der Waals surface area (Å²) in [6.07, 6.45) is -23.9. The molecule has 3 N–H and O–H groups in total. The Morgan fingerprint density at radius 1 is 0.574 bits per heavy atom. The number of halogens is 16. The van der Waals surface area contributed by atoms with E-state index in [0.717, 1.165) is 12.1 Å². The first kappa shape index (κ1) is 42.5. The van der Waals surface area contributed by atoms with Crippen LogP contribution in [0.3, 0.4) is 0 Å². The first-order valence-corrected chi connectivity index (χ1v) is 15.3. The fraction of sp³-hybridized carbons (Fsp3) is 0.379. The van der Waals surface area contributed by atoms with Crippen molar-refractivity contribution in [3.05, 3.63) is 89.5 Å². The van der Waals surface area contributed by atoms with E-state index in [9.17, 15) is 84.5 Å². The van der Waals surface area contributed by atoms with Gasteiger partial charge >= 0.3 is 63.2 Å². The summed E-state index contributed by atoms with van der Waals surface area (Å²) in [6.45, 7) is 1.50. The molecule has 54 heavy (non-hydrogen) atoms. The van der Waals surface area contributed by atoms with Crippen molar-refractivity contribution >= 4 is 10.1 Å². The third-order valence-corrected chi connectivity index (χ3v) is 9.02. The fourth-order valence-corrected chi connectivity index (χ4v) is 5.36. The Balaban J connectivity index is 1.71. The summed E-state index contributed by atoms with van der Waals surface area (Å²) in [7, 11) is -7.70. The number of hydrogen-bond acceptors (Lipinski definition) is 7. The van der Waals surface area contributed by atoms with E-state index in [4.69, 9.17) is 4.55 Å². The number of alkyl halides is 16. The van der Waals surface area contributed by atoms with Crippen molar-refractivity contribution < 1.29 is 108 Å². The van der Waals surface area contributed by atoms with E-state index in [1.165, 1.54) is 55.5 Å². The molecule has 0 heterocycles. The normalized spacial score (nSPS) is 23.3. The summed E-state index contributed by atoms with van der Waals surface area (Å²) in [4.78, 5) is 0. The van der Waals surface area contributed by atoms with Crippen molar-refractivity contribution in [3.8, 4) is 17.2 Å². The average molecular weight is 830 g/mol. The molecule has 25 heteroatoms. The fourth-order valence-electron chi connectivity index (χ4n) is 5.02. The minimum absolute atomic E-state index is 0.0805. The average Bonchev–Trinajstić information content (AvgIpc) is 3.03. The molecule has 1 saturated carbocycles. The van der Waals surface area contributed by atoms with Gasteiger partial charge < -0.3 is 14.9 Å². The van der Waals surface area contributed by atoms with Crippen molar-refractivity contribution in [1.29, 1.82) is 0 Å². The van der Waals surface area contributed by atoms with Crippen LogP contribution in [0, 0.1) is 0 Å². The van der Waals surface area contributed by atoms with E-state index in [1.54, 1.807) is 4.74 Å². The highest BCUT2D eigenvalue weighted by Gasteiger charge is 3.04. The number of ether oxygens (including phenoxy) is 3. The third-order valence-electron chi connectivity index (χ3n) is 8.13. The molecular weight excluding hydrogens is 812 g/mol. The lowest BCUT2D eigenvalue weighted by Gasteiger charge is -2.56. The zero-order valence-electron chi connectivity index (χ0n) is 25.8. The largest absolute Gasteiger partial charge is 0.508 e. The highest BCUT2D eigenvalue weighted by Crippen LogP contribution is 2.70. The lowest BCUT2D eigenvalue weighted by Crippen LogP contribution is -2.89. The molecule has 8 nitrogen and oxygen atoms in total. The lowest BCUT2D eigenvalue weighted by molar-refractivity contribution is -0.598. The lowest BCUT2D eigenvalue weighted by atomic mass is 9.71. The summed E-state index contributed by atoms with van der Waals surface area (Å²) < 4.78 is 263. The number of benzene rings is 3. The Morgan fingerprint density at radius 3 is 1.26 bits per heavy atom. The van der Waals surface area contributed by atoms with Gasteiger partial charge in [-0.15, -0.1) is 0 Å². The highest BCUT2D eigenvalue weighted by atomic mass is 32.2. The van der Waals surface area contributed by atoms with Gasteiger partial charge in [0.15, 0.2) is 0 Å². The Hall–Kier alpha value is -4.23. The Kier molecular flexibility index (Phi) is 9.75. The number of rotatable bonds is 12. The molecule has 1 aliphatic rings. The predicted octanol–water partition coefficient (Wildman–Crippen LogP) is 8.37. The minimum Gasteiger partial charge on any atom is -0.508 e. The zero-order valence-corrected chi connectivity index (χ0v) is 26.6. The van der Waals surface area contributed by atoms with E-state index in [1.807, 2.05) is 4.74 Å². The van der Waals surface area contributed by atoms with Gasteiger partial charge in [0.2, 0.25) is 0 Å². The maximum atomic E-state index is 15.3. The van der Waals surface area contributed by atoms with Gasteiger partial charge in [0.25, 0.3) is 0 Å². The van der Waals surface area contributed by atoms with Crippen molar-refractivity contribution in [2.75, 3.05) is 0 Å². The molecular formula is C29H18F16O8S. The third kappa shape index (κ3) is 5.93. The molecule has 1 aliphatic carbocycles. The monoisotopic (exact) mass is 830 g/mol. The molecule has 1 atom stereocenters. The van der Waals surface area contributed by atoms with Crippen LogP contribution in [0.15, 0.2) is 72.8 Å². The quantitative estimate of drug-likeness (QED) is 0.0947. The standard InChI is InChI=1S/C29H18F16O8S/c1-20(14-2-8-17(46)9-3-14,15-4-10-18(47)11-5-15)16-6-12-19(13-7-16)51-23(34)21(30,31)24(35,22(23,32)33)52-27(40,41)25(36,26(37,38)39)53-28(42,43)29(44,45)54(48,49)50/h2-13,46-47H,1H3,(H,48,49,50). The molecule has 0 aromatic heterocycles. The van der Waals surface area contributed by atoms with Gasteiger partial charge in [-0.05, 0) is 60.0 Å². The van der Waals surface area contributed by atoms with E-state index < -0.39 is 74.3 Å². The molecule has 0 aliphatic heterocycles. The molecule has 0 spiro atoms. The van der Waals surface area contributed by atoms with E-state index in [-0.39, 0.29) is 17.1 Å². The second-order valence-electron chi connectivity index (χ2n) is 11.5. The van der Waals surface area contributed by atoms with Crippen molar-refractivity contribution in [1.82, 2.24) is 0 Å². The van der Waals surface area contributed by atoms with Crippen LogP contribution in [-0.2, 0) is 25.0 Å². The smallest absolute Gasteiger partial charge is 0.460 e. The summed E-state index contributed by atoms with van der Waals surface area (Å²) >= 11 is 0. The molecule has 0 bridgehead atoms. The molecule has 3 aromatic rings. The highest BCUT2D eigenvalue weighted by molar-refractivity contribution is 7.86. The van der Waals surface area contributed by atoms with Crippen molar-refractivity contribution in [3.63, 3.8) is 0 Å². The van der Waals surface area contributed by atoms with Gasteiger partial charge in [-0.1, -0.05) is 36.4 Å². The maximum Gasteiger partial charge on any atom is 0.460 e. The summed E-state index contributed by atoms with van der Waals surface area (Å²) in [5.41, 5.74) is -0.570. The van der Waals surface area contributed by atoms with Crippen LogP contribution in [0.5, 0.6) is 17.2 Å². The zero-order chi connectivity index (χ0) is 41.6. The molecule has 1 fully saturated rings. The van der Waals surface area contributed by atoms with Gasteiger partial charge in [-0.2, -0.15) is 78.7 Å². The van der Waals surface area contributed by atoms with Crippen LogP contribution in [-0.4, -0.2) is 76.2 Å². The predicted molar refractivity (Wildman–Crippen MR) is 145 cm³/mol. The number of aromatic hydroxyl groups is 2. The summed E-state index contributed by atoms with van der Waals surface area (Å²) in [5.74, 6) is -37.4. The molecule has 0 radical (unpaired) electrons. The topological polar surface area (TPSA) is 123 Å². The number of phenols is 2. The Labute approximate surface area is 290 Å². The molecule has 3 aromatic carbocycles. The maximum absolute atomic E-state index is 15.3. The Morgan fingerprint density at radius 2 is 0.926 bits per heavy atom. The van der Waals surface area contributed by atoms with E-state index >= 15 is 4.39 Å². The van der Waals surface area contributed by atoms with Crippen LogP contribution in [0.1, 0.15) is 23.6 Å². The van der Waals surface area contributed by atoms with Gasteiger partial charge in [-0.3, -0.25) is 14.0 Å². The first-order valence-electron chi connectivity index (χ1n) is 13.9. The van der Waals surface area contributed by atoms with Crippen LogP contribution < -0.4 is 4.74 Å². The van der Waals surface area contributed by atoms with Gasteiger partial charge in [0.05, 0.1) is 0 Å². The molecule has 0 amide bonds. The number of hydrogen-bond donors (Lipinski definition) is 3. The van der Waals surface area contributed by atoms with Gasteiger partial charge in [-0.25, -0.2) is 0 Å². The van der Waals surface area contributed by atoms with Crippen LogP contribution in [0.2, 0.25) is 0 Å². The van der Waals surface area contributed by atoms with E-state index in [2.05, 4.69) is 4.74 Å². The van der Waals surface area contributed by atoms with Crippen LogP contribution >= 0.6 is 0 Å². The molecule has 1 unspecified atom stereocenters. The van der Waals surface area contributed by atoms with Crippen LogP contribution in [0.25, 0.3) is 0 Å². The summed E-state index contributed by atoms with van der Waals surface area (Å²) in [6, 6.07) is 13.1. The molecule has 300 valence electrons. The summed E-state index contributed by atoms with van der Waals surface area (Å²) in [5, 5.41) is 11.9. The minimum atomic E-state index is -8.14. The molecule has 0 saturated heterocycles. The van der Waals surface area contributed by atoms with Gasteiger partial charge in [0, 0.05) is 5.41 Å². The van der Waals surface area contributed by atoms with E-state index in [0.29, 0.717) is 23.3 Å².